The summed E-state index contributed by atoms with van der Waals surface area (Å²) in [5, 5.41) is 0. The molecule has 1 aromatic carbocycles. The molecule has 0 amide bonds. The van der Waals surface area contributed by atoms with E-state index in [1.807, 2.05) is 12.2 Å². The Morgan fingerprint density at radius 2 is 2.19 bits per heavy atom. The summed E-state index contributed by atoms with van der Waals surface area (Å²) in [5.41, 5.74) is 2.84. The Labute approximate surface area is 103 Å². The molecule has 2 heteroatoms. The molecule has 0 N–H and O–H groups in total. The van der Waals surface area contributed by atoms with Gasteiger partial charge >= 0.3 is 0 Å². The fourth-order valence-corrected chi connectivity index (χ4v) is 2.35. The first-order valence-corrected chi connectivity index (χ1v) is 6.50. The van der Waals surface area contributed by atoms with Gasteiger partial charge in [0.2, 0.25) is 0 Å². The summed E-state index contributed by atoms with van der Waals surface area (Å²) in [7, 11) is 0. The van der Waals surface area contributed by atoms with Crippen molar-refractivity contribution in [3.8, 4) is 0 Å². The molecule has 0 heterocycles. The third-order valence-electron chi connectivity index (χ3n) is 2.98. The second kappa shape index (κ2) is 6.12. The zero-order valence-electron chi connectivity index (χ0n) is 9.43. The van der Waals surface area contributed by atoms with E-state index in [1.165, 1.54) is 24.0 Å². The fraction of sp³-hybridized carbons (Fsp3) is 0.429. The van der Waals surface area contributed by atoms with Gasteiger partial charge in [-0.1, -0.05) is 36.4 Å². The highest BCUT2D eigenvalue weighted by molar-refractivity contribution is 7.80. The van der Waals surface area contributed by atoms with Crippen LogP contribution in [0.25, 0.3) is 0 Å². The molecule has 2 rings (SSSR count). The van der Waals surface area contributed by atoms with Gasteiger partial charge in [-0.05, 0) is 30.4 Å². The molecule has 1 unspecified atom stereocenters. The minimum absolute atomic E-state index is 0.287. The summed E-state index contributed by atoms with van der Waals surface area (Å²) in [6.07, 6.45) is 7.93. The average molecular weight is 234 g/mol. The van der Waals surface area contributed by atoms with E-state index in [9.17, 15) is 0 Å². The van der Waals surface area contributed by atoms with Gasteiger partial charge in [-0.3, -0.25) is 0 Å². The van der Waals surface area contributed by atoms with Crippen molar-refractivity contribution in [2.24, 2.45) is 0 Å². The summed E-state index contributed by atoms with van der Waals surface area (Å²) in [5.74, 6) is 0.782. The second-order valence-electron chi connectivity index (χ2n) is 4.07. The molecule has 0 aliphatic heterocycles. The van der Waals surface area contributed by atoms with Crippen LogP contribution in [-0.2, 0) is 11.2 Å². The van der Waals surface area contributed by atoms with Gasteiger partial charge in [-0.15, -0.1) is 0 Å². The third-order valence-corrected chi connectivity index (χ3v) is 3.19. The fourth-order valence-electron chi connectivity index (χ4n) is 2.20. The van der Waals surface area contributed by atoms with Gasteiger partial charge in [0.05, 0.1) is 12.7 Å². The second-order valence-corrected chi connectivity index (χ2v) is 4.43. The highest BCUT2D eigenvalue weighted by atomic mass is 32.1. The molecule has 0 saturated heterocycles. The molecule has 0 radical (unpaired) electrons. The molecule has 86 valence electrons. The highest BCUT2D eigenvalue weighted by Crippen LogP contribution is 2.32. The van der Waals surface area contributed by atoms with Crippen LogP contribution in [-0.4, -0.2) is 12.4 Å². The number of ether oxygens (including phenoxy) is 1. The van der Waals surface area contributed by atoms with Crippen LogP contribution in [0.4, 0.5) is 0 Å². The standard InChI is InChI=1S/C14H18OS/c16-11-4-3-10-15-14-9-5-7-12-6-1-2-8-13(12)14/h1-4,6,8,14,16H,5,7,9-11H2. The van der Waals surface area contributed by atoms with Crippen LogP contribution in [0, 0.1) is 0 Å². The van der Waals surface area contributed by atoms with E-state index in [2.05, 4.69) is 36.9 Å². The van der Waals surface area contributed by atoms with Crippen molar-refractivity contribution in [3.05, 3.63) is 47.5 Å². The highest BCUT2D eigenvalue weighted by Gasteiger charge is 2.19. The van der Waals surface area contributed by atoms with Crippen LogP contribution in [0.5, 0.6) is 0 Å². The number of benzene rings is 1. The number of aryl methyl sites for hydroxylation is 1. The van der Waals surface area contributed by atoms with Crippen LogP contribution >= 0.6 is 12.6 Å². The number of hydrogen-bond acceptors (Lipinski definition) is 2. The Bertz CT molecular complexity index is 360. The molecule has 1 aliphatic rings. The molecular weight excluding hydrogens is 216 g/mol. The Morgan fingerprint density at radius 1 is 1.31 bits per heavy atom. The molecule has 0 spiro atoms. The van der Waals surface area contributed by atoms with E-state index in [4.69, 9.17) is 4.74 Å². The van der Waals surface area contributed by atoms with Gasteiger partial charge in [0.1, 0.15) is 0 Å². The maximum atomic E-state index is 5.89. The van der Waals surface area contributed by atoms with Crippen molar-refractivity contribution < 1.29 is 4.74 Å². The SMILES string of the molecule is SCC=CCOC1CCCc2ccccc21. The Hall–Kier alpha value is -0.730. The first kappa shape index (κ1) is 11.7. The number of rotatable bonds is 4. The first-order valence-electron chi connectivity index (χ1n) is 5.87. The van der Waals surface area contributed by atoms with Crippen molar-refractivity contribution >= 4 is 12.6 Å². The van der Waals surface area contributed by atoms with Gasteiger partial charge < -0.3 is 4.74 Å². The number of fused-ring (bicyclic) bond motifs is 1. The van der Waals surface area contributed by atoms with Gasteiger partial charge in [0, 0.05) is 5.75 Å². The molecule has 1 aliphatic carbocycles. The number of thiol groups is 1. The summed E-state index contributed by atoms with van der Waals surface area (Å²) in [4.78, 5) is 0. The quantitative estimate of drug-likeness (QED) is 0.619. The maximum Gasteiger partial charge on any atom is 0.0832 e. The van der Waals surface area contributed by atoms with E-state index in [0.717, 1.165) is 12.2 Å². The van der Waals surface area contributed by atoms with Gasteiger partial charge in [0.25, 0.3) is 0 Å². The van der Waals surface area contributed by atoms with Gasteiger partial charge in [0.15, 0.2) is 0 Å². The molecule has 1 atom stereocenters. The van der Waals surface area contributed by atoms with E-state index in [1.54, 1.807) is 0 Å². The van der Waals surface area contributed by atoms with Crippen LogP contribution < -0.4 is 0 Å². The largest absolute Gasteiger partial charge is 0.369 e. The molecule has 0 bridgehead atoms. The topological polar surface area (TPSA) is 9.23 Å². The Balaban J connectivity index is 1.99. The lowest BCUT2D eigenvalue weighted by molar-refractivity contribution is 0.0608. The van der Waals surface area contributed by atoms with Crippen molar-refractivity contribution in [1.82, 2.24) is 0 Å². The number of hydrogen-bond donors (Lipinski definition) is 1. The predicted octanol–water partition coefficient (Wildman–Crippen LogP) is 3.57. The molecule has 0 saturated carbocycles. The normalized spacial score (nSPS) is 19.9. The van der Waals surface area contributed by atoms with E-state index < -0.39 is 0 Å². The predicted molar refractivity (Wildman–Crippen MR) is 71.1 cm³/mol. The van der Waals surface area contributed by atoms with Crippen molar-refractivity contribution in [3.63, 3.8) is 0 Å². The lowest BCUT2D eigenvalue weighted by atomic mass is 9.89. The van der Waals surface area contributed by atoms with E-state index >= 15 is 0 Å². The van der Waals surface area contributed by atoms with Crippen LogP contribution in [0.3, 0.4) is 0 Å². The van der Waals surface area contributed by atoms with Crippen LogP contribution in [0.2, 0.25) is 0 Å². The molecular formula is C14H18OS. The monoisotopic (exact) mass is 234 g/mol. The molecule has 16 heavy (non-hydrogen) atoms. The van der Waals surface area contributed by atoms with E-state index in [0.29, 0.717) is 6.61 Å². The summed E-state index contributed by atoms with van der Waals surface area (Å²) < 4.78 is 5.89. The Morgan fingerprint density at radius 3 is 3.06 bits per heavy atom. The van der Waals surface area contributed by atoms with Crippen LogP contribution in [0.1, 0.15) is 30.1 Å². The van der Waals surface area contributed by atoms with Crippen molar-refractivity contribution in [2.75, 3.05) is 12.4 Å². The smallest absolute Gasteiger partial charge is 0.0832 e. The molecule has 1 nitrogen and oxygen atoms in total. The summed E-state index contributed by atoms with van der Waals surface area (Å²) in [6, 6.07) is 8.63. The van der Waals surface area contributed by atoms with E-state index in [-0.39, 0.29) is 6.10 Å². The van der Waals surface area contributed by atoms with Crippen molar-refractivity contribution in [2.45, 2.75) is 25.4 Å². The summed E-state index contributed by atoms with van der Waals surface area (Å²) >= 11 is 4.12. The Kier molecular flexibility index (Phi) is 4.49. The van der Waals surface area contributed by atoms with Gasteiger partial charge in [-0.2, -0.15) is 12.6 Å². The zero-order chi connectivity index (χ0) is 11.2. The third kappa shape index (κ3) is 2.89. The minimum Gasteiger partial charge on any atom is -0.369 e. The lowest BCUT2D eigenvalue weighted by Gasteiger charge is -2.25. The first-order chi connectivity index (χ1) is 7.92. The van der Waals surface area contributed by atoms with Crippen LogP contribution in [0.15, 0.2) is 36.4 Å². The lowest BCUT2D eigenvalue weighted by Crippen LogP contribution is -2.12. The molecule has 0 fully saturated rings. The van der Waals surface area contributed by atoms with Gasteiger partial charge in [-0.25, -0.2) is 0 Å². The molecule has 1 aromatic rings. The average Bonchev–Trinajstić information content (AvgIpc) is 2.35. The minimum atomic E-state index is 0.287. The maximum absolute atomic E-state index is 5.89. The zero-order valence-corrected chi connectivity index (χ0v) is 10.3. The van der Waals surface area contributed by atoms with Crippen molar-refractivity contribution in [1.29, 1.82) is 0 Å². The molecule has 0 aromatic heterocycles. The summed E-state index contributed by atoms with van der Waals surface area (Å²) in [6.45, 7) is 0.694.